The summed E-state index contributed by atoms with van der Waals surface area (Å²) in [5.41, 5.74) is 9.71. The summed E-state index contributed by atoms with van der Waals surface area (Å²) in [7, 11) is 1.93. The fourth-order valence-corrected chi connectivity index (χ4v) is 2.42. The third-order valence-corrected chi connectivity index (χ3v) is 3.43. The molecule has 0 atom stereocenters. The summed E-state index contributed by atoms with van der Waals surface area (Å²) >= 11 is 0. The van der Waals surface area contributed by atoms with Gasteiger partial charge in [-0.05, 0) is 24.6 Å². The van der Waals surface area contributed by atoms with Gasteiger partial charge in [-0.25, -0.2) is 9.97 Å². The van der Waals surface area contributed by atoms with Crippen molar-refractivity contribution < 1.29 is 0 Å². The van der Waals surface area contributed by atoms with Crippen LogP contribution >= 0.6 is 0 Å². The summed E-state index contributed by atoms with van der Waals surface area (Å²) in [6.45, 7) is 2.78. The summed E-state index contributed by atoms with van der Waals surface area (Å²) in [4.78, 5) is 8.57. The van der Waals surface area contributed by atoms with Gasteiger partial charge in [-0.15, -0.1) is 0 Å². The molecule has 108 valence electrons. The van der Waals surface area contributed by atoms with Gasteiger partial charge in [-0.1, -0.05) is 6.92 Å². The topological polar surface area (TPSA) is 81.7 Å². The average molecular weight is 282 g/mol. The molecule has 6 heteroatoms. The lowest BCUT2D eigenvalue weighted by molar-refractivity contribution is 0.746. The Balaban J connectivity index is 1.89. The molecule has 0 aliphatic carbocycles. The van der Waals surface area contributed by atoms with Gasteiger partial charge in [0.15, 0.2) is 0 Å². The lowest BCUT2D eigenvalue weighted by Gasteiger charge is -2.08. The van der Waals surface area contributed by atoms with Crippen molar-refractivity contribution in [3.63, 3.8) is 0 Å². The van der Waals surface area contributed by atoms with Crippen LogP contribution in [0.15, 0.2) is 30.7 Å². The van der Waals surface area contributed by atoms with Crippen LogP contribution in [-0.2, 0) is 20.0 Å². The molecular weight excluding hydrogens is 264 g/mol. The van der Waals surface area contributed by atoms with Crippen molar-refractivity contribution in [3.05, 3.63) is 42.0 Å². The Bertz CT molecular complexity index is 777. The van der Waals surface area contributed by atoms with Gasteiger partial charge in [0, 0.05) is 36.4 Å². The van der Waals surface area contributed by atoms with Gasteiger partial charge in [-0.2, -0.15) is 5.10 Å². The normalized spacial score (nSPS) is 11.0. The third-order valence-electron chi connectivity index (χ3n) is 3.43. The van der Waals surface area contributed by atoms with Crippen LogP contribution in [0.3, 0.4) is 0 Å². The van der Waals surface area contributed by atoms with Gasteiger partial charge in [-0.3, -0.25) is 4.68 Å². The van der Waals surface area contributed by atoms with E-state index >= 15 is 0 Å². The van der Waals surface area contributed by atoms with E-state index in [9.17, 15) is 0 Å². The molecule has 2 aromatic heterocycles. The van der Waals surface area contributed by atoms with Crippen LogP contribution in [-0.4, -0.2) is 19.7 Å². The van der Waals surface area contributed by atoms with E-state index in [1.165, 1.54) is 5.56 Å². The van der Waals surface area contributed by atoms with E-state index in [0.717, 1.165) is 28.8 Å². The maximum Gasteiger partial charge on any atom is 0.137 e. The molecular formula is C15H18N6. The fourth-order valence-electron chi connectivity index (χ4n) is 2.42. The van der Waals surface area contributed by atoms with E-state index < -0.39 is 0 Å². The van der Waals surface area contributed by atoms with Crippen molar-refractivity contribution in [1.29, 1.82) is 0 Å². The van der Waals surface area contributed by atoms with Crippen molar-refractivity contribution in [2.45, 2.75) is 19.9 Å². The largest absolute Gasteiger partial charge is 0.399 e. The Kier molecular flexibility index (Phi) is 3.43. The Morgan fingerprint density at radius 2 is 2.14 bits per heavy atom. The van der Waals surface area contributed by atoms with Crippen molar-refractivity contribution in [2.24, 2.45) is 7.05 Å². The van der Waals surface area contributed by atoms with Gasteiger partial charge in [0.1, 0.15) is 12.1 Å². The summed E-state index contributed by atoms with van der Waals surface area (Å²) in [5, 5.41) is 8.73. The second kappa shape index (κ2) is 5.40. The second-order valence-corrected chi connectivity index (χ2v) is 4.98. The number of aryl methyl sites for hydroxylation is 2. The van der Waals surface area contributed by atoms with Crippen LogP contribution in [0.5, 0.6) is 0 Å². The molecule has 0 aliphatic heterocycles. The van der Waals surface area contributed by atoms with E-state index in [1.54, 1.807) is 6.33 Å². The molecule has 0 unspecified atom stereocenters. The lowest BCUT2D eigenvalue weighted by atomic mass is 10.2. The van der Waals surface area contributed by atoms with Gasteiger partial charge >= 0.3 is 0 Å². The minimum absolute atomic E-state index is 0.678. The molecule has 21 heavy (non-hydrogen) atoms. The molecule has 0 saturated carbocycles. The van der Waals surface area contributed by atoms with Crippen LogP contribution in [0, 0.1) is 0 Å². The zero-order valence-electron chi connectivity index (χ0n) is 12.2. The fraction of sp³-hybridized carbons (Fsp3) is 0.267. The summed E-state index contributed by atoms with van der Waals surface area (Å²) in [6.07, 6.45) is 4.50. The molecule has 6 nitrogen and oxygen atoms in total. The zero-order valence-corrected chi connectivity index (χ0v) is 12.2. The van der Waals surface area contributed by atoms with E-state index in [-0.39, 0.29) is 0 Å². The molecule has 0 bridgehead atoms. The molecule has 0 saturated heterocycles. The molecule has 3 N–H and O–H groups in total. The molecule has 0 radical (unpaired) electrons. The number of hydrogen-bond donors (Lipinski definition) is 2. The van der Waals surface area contributed by atoms with E-state index in [4.69, 9.17) is 5.73 Å². The zero-order chi connectivity index (χ0) is 14.8. The van der Waals surface area contributed by atoms with Crippen LogP contribution in [0.4, 0.5) is 11.5 Å². The second-order valence-electron chi connectivity index (χ2n) is 4.98. The predicted octanol–water partition coefficient (Wildman–Crippen LogP) is 2.12. The van der Waals surface area contributed by atoms with Gasteiger partial charge in [0.2, 0.25) is 0 Å². The van der Waals surface area contributed by atoms with Crippen LogP contribution in [0.25, 0.3) is 10.9 Å². The van der Waals surface area contributed by atoms with Crippen molar-refractivity contribution in [1.82, 2.24) is 19.7 Å². The first kappa shape index (κ1) is 13.4. The molecule has 0 fully saturated rings. The standard InChI is InChI=1S/C15H18N6/c1-3-13-10(8-21(2)20-13)7-17-15-12-6-11(16)4-5-14(12)18-9-19-15/h4-6,8-9H,3,7,16H2,1-2H3,(H,17,18,19). The minimum Gasteiger partial charge on any atom is -0.399 e. The highest BCUT2D eigenvalue weighted by molar-refractivity contribution is 5.91. The highest BCUT2D eigenvalue weighted by atomic mass is 15.3. The van der Waals surface area contributed by atoms with Gasteiger partial charge in [0.05, 0.1) is 11.2 Å². The molecule has 0 aliphatic rings. The van der Waals surface area contributed by atoms with Crippen LogP contribution in [0.2, 0.25) is 0 Å². The number of hydrogen-bond acceptors (Lipinski definition) is 5. The van der Waals surface area contributed by atoms with Crippen LogP contribution in [0.1, 0.15) is 18.2 Å². The van der Waals surface area contributed by atoms with Gasteiger partial charge in [0.25, 0.3) is 0 Å². The quantitative estimate of drug-likeness (QED) is 0.716. The number of rotatable bonds is 4. The maximum atomic E-state index is 5.85. The van der Waals surface area contributed by atoms with Crippen molar-refractivity contribution in [3.8, 4) is 0 Å². The Hall–Kier alpha value is -2.63. The van der Waals surface area contributed by atoms with E-state index in [1.807, 2.05) is 36.1 Å². The van der Waals surface area contributed by atoms with E-state index in [2.05, 4.69) is 27.3 Å². The first-order valence-corrected chi connectivity index (χ1v) is 6.93. The number of aromatic nitrogens is 4. The van der Waals surface area contributed by atoms with Gasteiger partial charge < -0.3 is 11.1 Å². The molecule has 0 spiro atoms. The number of nitrogens with zero attached hydrogens (tertiary/aromatic N) is 4. The highest BCUT2D eigenvalue weighted by Gasteiger charge is 2.08. The van der Waals surface area contributed by atoms with Crippen molar-refractivity contribution in [2.75, 3.05) is 11.1 Å². The lowest BCUT2D eigenvalue weighted by Crippen LogP contribution is -2.04. The third kappa shape index (κ3) is 2.65. The molecule has 1 aromatic carbocycles. The number of benzene rings is 1. The smallest absolute Gasteiger partial charge is 0.137 e. The number of nitrogen functional groups attached to an aromatic ring is 1. The Morgan fingerprint density at radius 1 is 1.29 bits per heavy atom. The molecule has 3 aromatic rings. The highest BCUT2D eigenvalue weighted by Crippen LogP contribution is 2.22. The number of fused-ring (bicyclic) bond motifs is 1. The Labute approximate surface area is 123 Å². The van der Waals surface area contributed by atoms with E-state index in [0.29, 0.717) is 12.2 Å². The summed E-state index contributed by atoms with van der Waals surface area (Å²) in [6, 6.07) is 5.64. The summed E-state index contributed by atoms with van der Waals surface area (Å²) in [5.74, 6) is 0.790. The van der Waals surface area contributed by atoms with Crippen molar-refractivity contribution >= 4 is 22.4 Å². The number of nitrogens with one attached hydrogen (secondary N) is 1. The summed E-state index contributed by atoms with van der Waals surface area (Å²) < 4.78 is 1.84. The first-order chi connectivity index (χ1) is 10.2. The first-order valence-electron chi connectivity index (χ1n) is 6.93. The molecule has 3 rings (SSSR count). The minimum atomic E-state index is 0.678. The maximum absolute atomic E-state index is 5.85. The average Bonchev–Trinajstić information content (AvgIpc) is 2.85. The van der Waals surface area contributed by atoms with Crippen LogP contribution < -0.4 is 11.1 Å². The molecule has 0 amide bonds. The SMILES string of the molecule is CCc1nn(C)cc1CNc1ncnc2ccc(N)cc12. The number of nitrogens with two attached hydrogens (primary N) is 1. The molecule has 2 heterocycles. The Morgan fingerprint density at radius 3 is 2.95 bits per heavy atom. The number of anilines is 2. The predicted molar refractivity (Wildman–Crippen MR) is 83.9 cm³/mol. The monoisotopic (exact) mass is 282 g/mol.